The van der Waals surface area contributed by atoms with Crippen LogP contribution in [0.25, 0.3) is 0 Å². The number of amides is 4. The lowest BCUT2D eigenvalue weighted by Crippen LogP contribution is -2.36. The fourth-order valence-corrected chi connectivity index (χ4v) is 4.09. The van der Waals surface area contributed by atoms with Gasteiger partial charge in [-0.15, -0.1) is 0 Å². The van der Waals surface area contributed by atoms with Gasteiger partial charge < -0.3 is 15.1 Å². The van der Waals surface area contributed by atoms with E-state index in [4.69, 9.17) is 5.21 Å². The Morgan fingerprint density at radius 1 is 0.897 bits per heavy atom. The van der Waals surface area contributed by atoms with E-state index in [1.54, 1.807) is 30.3 Å². The molecule has 1 atom stereocenters. The van der Waals surface area contributed by atoms with Gasteiger partial charge in [-0.1, -0.05) is 18.2 Å². The number of anilines is 1. The molecule has 0 saturated carbocycles. The van der Waals surface area contributed by atoms with Crippen molar-refractivity contribution >= 4 is 29.3 Å². The first-order valence-corrected chi connectivity index (χ1v) is 12.8. The second-order valence-electron chi connectivity index (χ2n) is 9.70. The maximum Gasteiger partial charge on any atom is 0.284 e. The molecule has 0 aliphatic rings. The molecule has 212 valence electrons. The van der Waals surface area contributed by atoms with Gasteiger partial charge in [-0.25, -0.2) is 5.48 Å². The van der Waals surface area contributed by atoms with Crippen LogP contribution < -0.4 is 15.7 Å². The quantitative estimate of drug-likeness (QED) is 0.162. The van der Waals surface area contributed by atoms with E-state index in [1.807, 2.05) is 50.1 Å². The number of aryl methyl sites for hydroxylation is 1. The highest BCUT2D eigenvalue weighted by molar-refractivity contribution is 6.04. The smallest absolute Gasteiger partial charge is 0.284 e. The van der Waals surface area contributed by atoms with E-state index in [0.717, 1.165) is 5.69 Å². The van der Waals surface area contributed by atoms with Crippen LogP contribution in [0.3, 0.4) is 0 Å². The van der Waals surface area contributed by atoms with Crippen molar-refractivity contribution in [3.63, 3.8) is 0 Å². The van der Waals surface area contributed by atoms with E-state index in [0.29, 0.717) is 36.9 Å². The third-order valence-electron chi connectivity index (χ3n) is 6.49. The third-order valence-corrected chi connectivity index (χ3v) is 6.49. The van der Waals surface area contributed by atoms with Gasteiger partial charge in [-0.05, 0) is 75.7 Å². The molecule has 11 heteroatoms. The second-order valence-corrected chi connectivity index (χ2v) is 9.70. The summed E-state index contributed by atoms with van der Waals surface area (Å²) in [6.07, 6.45) is 1.84. The third kappa shape index (κ3) is 9.78. The van der Waals surface area contributed by atoms with E-state index in [2.05, 4.69) is 5.32 Å². The molecular formula is C28H39N5O6. The van der Waals surface area contributed by atoms with Crippen molar-refractivity contribution in [3.8, 4) is 0 Å². The van der Waals surface area contributed by atoms with E-state index in [1.165, 1.54) is 11.5 Å². The summed E-state index contributed by atoms with van der Waals surface area (Å²) in [6.45, 7) is 0.474. The maximum atomic E-state index is 12.8. The number of imide groups is 1. The molecule has 4 amide bonds. The Kier molecular flexibility index (Phi) is 12.5. The average Bonchev–Trinajstić information content (AvgIpc) is 2.94. The Bertz CT molecular complexity index is 1120. The molecule has 0 saturated heterocycles. The SMILES string of the molecule is CN(C)c1ccc(C(=O)NCCCC(CCC(=O)N(O)C(=O)c2ccccc2CCC(=O)NO)N(C)C)cc1. The Balaban J connectivity index is 1.85. The molecule has 11 nitrogen and oxygen atoms in total. The monoisotopic (exact) mass is 541 g/mol. The van der Waals surface area contributed by atoms with Crippen LogP contribution in [0, 0.1) is 0 Å². The summed E-state index contributed by atoms with van der Waals surface area (Å²) < 4.78 is 0. The molecule has 0 bridgehead atoms. The molecule has 0 spiro atoms. The van der Waals surface area contributed by atoms with Crippen molar-refractivity contribution in [1.82, 2.24) is 20.8 Å². The zero-order chi connectivity index (χ0) is 28.9. The number of hydrogen-bond acceptors (Lipinski definition) is 8. The van der Waals surface area contributed by atoms with Gasteiger partial charge in [0.2, 0.25) is 5.91 Å². The fraction of sp³-hybridized carbons (Fsp3) is 0.429. The Labute approximate surface area is 229 Å². The molecule has 0 fully saturated rings. The summed E-state index contributed by atoms with van der Waals surface area (Å²) in [7, 11) is 7.65. The normalized spacial score (nSPS) is 11.6. The topological polar surface area (TPSA) is 143 Å². The van der Waals surface area contributed by atoms with Crippen LogP contribution in [0.4, 0.5) is 5.69 Å². The minimum atomic E-state index is -0.872. The first kappa shape index (κ1) is 31.4. The van der Waals surface area contributed by atoms with Crippen molar-refractivity contribution in [1.29, 1.82) is 0 Å². The second kappa shape index (κ2) is 15.6. The summed E-state index contributed by atoms with van der Waals surface area (Å²) >= 11 is 0. The predicted octanol–water partition coefficient (Wildman–Crippen LogP) is 2.47. The van der Waals surface area contributed by atoms with Crippen LogP contribution in [0.2, 0.25) is 0 Å². The average molecular weight is 542 g/mol. The summed E-state index contributed by atoms with van der Waals surface area (Å²) in [5.74, 6) is -2.36. The number of nitrogens with one attached hydrogen (secondary N) is 2. The highest BCUT2D eigenvalue weighted by Gasteiger charge is 2.24. The van der Waals surface area contributed by atoms with Gasteiger partial charge in [0.25, 0.3) is 17.7 Å². The number of benzene rings is 2. The largest absolute Gasteiger partial charge is 0.378 e. The van der Waals surface area contributed by atoms with Gasteiger partial charge >= 0.3 is 0 Å². The van der Waals surface area contributed by atoms with Crippen LogP contribution in [-0.4, -0.2) is 84.8 Å². The van der Waals surface area contributed by atoms with Crippen molar-refractivity contribution < 1.29 is 29.6 Å². The van der Waals surface area contributed by atoms with Crippen LogP contribution in [-0.2, 0) is 16.0 Å². The molecule has 2 aromatic rings. The molecule has 0 aromatic heterocycles. The fourth-order valence-electron chi connectivity index (χ4n) is 4.09. The highest BCUT2D eigenvalue weighted by Crippen LogP contribution is 2.16. The summed E-state index contributed by atoms with van der Waals surface area (Å²) in [6, 6.07) is 13.7. The molecule has 0 aliphatic heterocycles. The van der Waals surface area contributed by atoms with Crippen molar-refractivity contribution in [3.05, 3.63) is 65.2 Å². The van der Waals surface area contributed by atoms with Gasteiger partial charge in [0, 0.05) is 56.3 Å². The molecule has 2 aromatic carbocycles. The Morgan fingerprint density at radius 2 is 1.56 bits per heavy atom. The standard InChI is InChI=1S/C28H39N5O6/c1-31(2)22(9-7-19-29-27(36)21-11-14-23(15-12-21)32(3)4)16-18-26(35)33(39)28(37)24-10-6-5-8-20(24)13-17-25(34)30-38/h5-6,8,10-12,14-15,22,38-39H,7,9,13,16-19H2,1-4H3,(H,29,36)(H,30,34). The van der Waals surface area contributed by atoms with E-state index < -0.39 is 17.7 Å². The Hall–Kier alpha value is -3.80. The highest BCUT2D eigenvalue weighted by atomic mass is 16.5. The van der Waals surface area contributed by atoms with Crippen LogP contribution in [0.5, 0.6) is 0 Å². The molecule has 1 unspecified atom stereocenters. The minimum Gasteiger partial charge on any atom is -0.378 e. The summed E-state index contributed by atoms with van der Waals surface area (Å²) in [4.78, 5) is 53.1. The van der Waals surface area contributed by atoms with Gasteiger partial charge in [-0.3, -0.25) is 29.6 Å². The maximum absolute atomic E-state index is 12.8. The lowest BCUT2D eigenvalue weighted by atomic mass is 10.0. The number of hydrogen-bond donors (Lipinski definition) is 4. The zero-order valence-electron chi connectivity index (χ0n) is 23.0. The summed E-state index contributed by atoms with van der Waals surface area (Å²) in [5.41, 5.74) is 3.71. The number of rotatable bonds is 14. The van der Waals surface area contributed by atoms with Crippen molar-refractivity contribution in [2.24, 2.45) is 0 Å². The number of carbonyl (C=O) groups excluding carboxylic acids is 4. The van der Waals surface area contributed by atoms with E-state index >= 15 is 0 Å². The Morgan fingerprint density at radius 3 is 2.18 bits per heavy atom. The molecular weight excluding hydrogens is 502 g/mol. The van der Waals surface area contributed by atoms with E-state index in [9.17, 15) is 24.4 Å². The molecule has 2 rings (SSSR count). The van der Waals surface area contributed by atoms with Gasteiger partial charge in [0.15, 0.2) is 0 Å². The van der Waals surface area contributed by atoms with Crippen molar-refractivity contribution in [2.75, 3.05) is 39.6 Å². The van der Waals surface area contributed by atoms with Crippen molar-refractivity contribution in [2.45, 2.75) is 44.6 Å². The first-order valence-electron chi connectivity index (χ1n) is 12.8. The van der Waals surface area contributed by atoms with Gasteiger partial charge in [0.05, 0.1) is 0 Å². The molecule has 39 heavy (non-hydrogen) atoms. The number of nitrogens with zero attached hydrogens (tertiary/aromatic N) is 3. The zero-order valence-corrected chi connectivity index (χ0v) is 23.0. The van der Waals surface area contributed by atoms with E-state index in [-0.39, 0.29) is 41.8 Å². The lowest BCUT2D eigenvalue weighted by molar-refractivity contribution is -0.154. The molecule has 0 heterocycles. The molecule has 4 N–H and O–H groups in total. The van der Waals surface area contributed by atoms with Crippen LogP contribution in [0.15, 0.2) is 48.5 Å². The summed E-state index contributed by atoms with van der Waals surface area (Å²) in [5, 5.41) is 22.0. The predicted molar refractivity (Wildman–Crippen MR) is 147 cm³/mol. The molecule has 0 radical (unpaired) electrons. The molecule has 0 aliphatic carbocycles. The van der Waals surface area contributed by atoms with Crippen LogP contribution in [0.1, 0.15) is 58.4 Å². The van der Waals surface area contributed by atoms with Crippen LogP contribution >= 0.6 is 0 Å². The van der Waals surface area contributed by atoms with Gasteiger partial charge in [-0.2, -0.15) is 5.06 Å². The first-order chi connectivity index (χ1) is 18.5. The lowest BCUT2D eigenvalue weighted by Gasteiger charge is -2.25. The number of hydroxylamine groups is 3. The number of carbonyl (C=O) groups is 4. The van der Waals surface area contributed by atoms with Gasteiger partial charge in [0.1, 0.15) is 0 Å². The minimum absolute atomic E-state index is 0.00184.